The van der Waals surface area contributed by atoms with Gasteiger partial charge in [0.05, 0.1) is 11.5 Å². The zero-order valence-corrected chi connectivity index (χ0v) is 14.7. The second kappa shape index (κ2) is 7.17. The number of rotatable bonds is 6. The number of benzene rings is 1. The Morgan fingerprint density at radius 3 is 2.42 bits per heavy atom. The number of halogens is 2. The van der Waals surface area contributed by atoms with E-state index < -0.39 is 16.1 Å². The van der Waals surface area contributed by atoms with E-state index in [1.54, 1.807) is 6.07 Å². The van der Waals surface area contributed by atoms with Gasteiger partial charge in [-0.25, -0.2) is 13.1 Å². The van der Waals surface area contributed by atoms with Crippen LogP contribution in [0.5, 0.6) is 0 Å². The monoisotopic (exact) mass is 413 g/mol. The largest absolute Gasteiger partial charge is 0.395 e. The fourth-order valence-corrected chi connectivity index (χ4v) is 3.67. The summed E-state index contributed by atoms with van der Waals surface area (Å²) in [7, 11) is -3.63. The topological polar surface area (TPSA) is 66.4 Å². The molecule has 19 heavy (non-hydrogen) atoms. The molecule has 1 aromatic carbocycles. The maximum absolute atomic E-state index is 12.2. The highest BCUT2D eigenvalue weighted by molar-refractivity contribution is 9.13. The predicted molar refractivity (Wildman–Crippen MR) is 82.5 cm³/mol. The first-order valence-electron chi connectivity index (χ1n) is 5.90. The van der Waals surface area contributed by atoms with Gasteiger partial charge in [-0.05, 0) is 56.0 Å². The highest BCUT2D eigenvalue weighted by atomic mass is 79.9. The van der Waals surface area contributed by atoms with Crippen molar-refractivity contribution in [3.63, 3.8) is 0 Å². The molecule has 0 aliphatic carbocycles. The third-order valence-electron chi connectivity index (χ3n) is 3.04. The van der Waals surface area contributed by atoms with E-state index in [0.29, 0.717) is 4.47 Å². The lowest BCUT2D eigenvalue weighted by molar-refractivity contribution is 0.219. The molecule has 0 unspecified atom stereocenters. The quantitative estimate of drug-likeness (QED) is 0.751. The lowest BCUT2D eigenvalue weighted by atomic mass is 10.0. The summed E-state index contributed by atoms with van der Waals surface area (Å²) in [4.78, 5) is 0.171. The van der Waals surface area contributed by atoms with Gasteiger partial charge in [0.2, 0.25) is 10.0 Å². The van der Waals surface area contributed by atoms with Gasteiger partial charge in [-0.2, -0.15) is 0 Å². The first kappa shape index (κ1) is 17.1. The van der Waals surface area contributed by atoms with Crippen LogP contribution in [0.1, 0.15) is 20.3 Å². The minimum atomic E-state index is -3.63. The van der Waals surface area contributed by atoms with Crippen LogP contribution in [0, 0.1) is 5.92 Å². The van der Waals surface area contributed by atoms with E-state index in [1.807, 2.05) is 13.8 Å². The number of aliphatic hydroxyl groups is 1. The summed E-state index contributed by atoms with van der Waals surface area (Å²) in [5.74, 6) is 0.0682. The van der Waals surface area contributed by atoms with Gasteiger partial charge in [-0.15, -0.1) is 0 Å². The molecule has 0 aromatic heterocycles. The summed E-state index contributed by atoms with van der Waals surface area (Å²) in [6.07, 6.45) is 0.789. The van der Waals surface area contributed by atoms with Crippen molar-refractivity contribution in [2.75, 3.05) is 6.61 Å². The van der Waals surface area contributed by atoms with Crippen LogP contribution in [0.2, 0.25) is 0 Å². The standard InChI is InChI=1S/C12H17Br2NO3S/c1-3-8(2)12(7-16)15-19(17,18)9-4-5-10(13)11(14)6-9/h4-6,8,12,15-16H,3,7H2,1-2H3/t8-,12+/m0/s1. The fraction of sp³-hybridized carbons (Fsp3) is 0.500. The van der Waals surface area contributed by atoms with Gasteiger partial charge >= 0.3 is 0 Å². The lowest BCUT2D eigenvalue weighted by Crippen LogP contribution is -2.41. The number of aliphatic hydroxyl groups excluding tert-OH is 1. The zero-order chi connectivity index (χ0) is 14.6. The molecule has 0 spiro atoms. The molecule has 0 saturated carbocycles. The lowest BCUT2D eigenvalue weighted by Gasteiger charge is -2.22. The van der Waals surface area contributed by atoms with Crippen molar-refractivity contribution in [2.45, 2.75) is 31.2 Å². The molecule has 1 rings (SSSR count). The third-order valence-corrected chi connectivity index (χ3v) is 6.40. The van der Waals surface area contributed by atoms with Crippen LogP contribution in [0.15, 0.2) is 32.0 Å². The average molecular weight is 415 g/mol. The molecule has 0 heterocycles. The Hall–Kier alpha value is 0.0500. The molecule has 0 radical (unpaired) electrons. The Labute approximate surface area is 130 Å². The Bertz CT molecular complexity index is 534. The van der Waals surface area contributed by atoms with Crippen LogP contribution in [0.25, 0.3) is 0 Å². The van der Waals surface area contributed by atoms with E-state index in [-0.39, 0.29) is 17.4 Å². The highest BCUT2D eigenvalue weighted by Crippen LogP contribution is 2.26. The smallest absolute Gasteiger partial charge is 0.240 e. The molecule has 1 aromatic rings. The van der Waals surface area contributed by atoms with Gasteiger partial charge in [0, 0.05) is 15.0 Å². The van der Waals surface area contributed by atoms with Crippen molar-refractivity contribution in [3.8, 4) is 0 Å². The van der Waals surface area contributed by atoms with E-state index in [9.17, 15) is 13.5 Å². The molecule has 0 amide bonds. The average Bonchev–Trinajstić information content (AvgIpc) is 2.38. The normalized spacial score (nSPS) is 15.2. The molecular weight excluding hydrogens is 398 g/mol. The Morgan fingerprint density at radius 2 is 1.95 bits per heavy atom. The van der Waals surface area contributed by atoms with Crippen molar-refractivity contribution in [1.29, 1.82) is 0 Å². The van der Waals surface area contributed by atoms with Gasteiger partial charge in [0.25, 0.3) is 0 Å². The minimum Gasteiger partial charge on any atom is -0.395 e. The van der Waals surface area contributed by atoms with Gasteiger partial charge in [0.15, 0.2) is 0 Å². The van der Waals surface area contributed by atoms with Gasteiger partial charge < -0.3 is 5.11 Å². The third kappa shape index (κ3) is 4.53. The summed E-state index contributed by atoms with van der Waals surface area (Å²) in [6, 6.07) is 4.23. The predicted octanol–water partition coefficient (Wildman–Crippen LogP) is 2.90. The second-order valence-electron chi connectivity index (χ2n) is 4.37. The summed E-state index contributed by atoms with van der Waals surface area (Å²) >= 11 is 6.57. The second-order valence-corrected chi connectivity index (χ2v) is 7.79. The Morgan fingerprint density at radius 1 is 1.32 bits per heavy atom. The highest BCUT2D eigenvalue weighted by Gasteiger charge is 2.23. The molecule has 0 fully saturated rings. The van der Waals surface area contributed by atoms with Crippen LogP contribution in [0.3, 0.4) is 0 Å². The van der Waals surface area contributed by atoms with Crippen molar-refractivity contribution >= 4 is 41.9 Å². The molecular formula is C12H17Br2NO3S. The van der Waals surface area contributed by atoms with Crippen molar-refractivity contribution in [2.24, 2.45) is 5.92 Å². The number of sulfonamides is 1. The van der Waals surface area contributed by atoms with E-state index in [0.717, 1.165) is 10.9 Å². The SMILES string of the molecule is CC[C@H](C)[C@@H](CO)NS(=O)(=O)c1ccc(Br)c(Br)c1. The van der Waals surface area contributed by atoms with Crippen molar-refractivity contribution in [3.05, 3.63) is 27.1 Å². The Balaban J connectivity index is 3.00. The van der Waals surface area contributed by atoms with Crippen LogP contribution in [0.4, 0.5) is 0 Å². The molecule has 0 bridgehead atoms. The zero-order valence-electron chi connectivity index (χ0n) is 10.7. The summed E-state index contributed by atoms with van der Waals surface area (Å²) in [5, 5.41) is 9.29. The molecule has 108 valence electrons. The molecule has 2 N–H and O–H groups in total. The van der Waals surface area contributed by atoms with Gasteiger partial charge in [0.1, 0.15) is 0 Å². The molecule has 0 aliphatic heterocycles. The number of nitrogens with one attached hydrogen (secondary N) is 1. The maximum atomic E-state index is 12.2. The maximum Gasteiger partial charge on any atom is 0.240 e. The number of hydrogen-bond donors (Lipinski definition) is 2. The van der Waals surface area contributed by atoms with Gasteiger partial charge in [-0.3, -0.25) is 0 Å². The summed E-state index contributed by atoms with van der Waals surface area (Å²) < 4.78 is 28.4. The first-order chi connectivity index (χ1) is 8.81. The van der Waals surface area contributed by atoms with Crippen molar-refractivity contribution < 1.29 is 13.5 Å². The van der Waals surface area contributed by atoms with Crippen LogP contribution in [-0.4, -0.2) is 26.2 Å². The Kier molecular flexibility index (Phi) is 6.46. The molecule has 7 heteroatoms. The summed E-state index contributed by atoms with van der Waals surface area (Å²) in [5.41, 5.74) is 0. The molecule has 0 aliphatic rings. The number of hydrogen-bond acceptors (Lipinski definition) is 3. The van der Waals surface area contributed by atoms with E-state index in [4.69, 9.17) is 0 Å². The van der Waals surface area contributed by atoms with E-state index in [1.165, 1.54) is 12.1 Å². The minimum absolute atomic E-state index is 0.0682. The molecule has 2 atom stereocenters. The molecule has 4 nitrogen and oxygen atoms in total. The molecule has 0 saturated heterocycles. The van der Waals surface area contributed by atoms with Crippen LogP contribution in [-0.2, 0) is 10.0 Å². The van der Waals surface area contributed by atoms with E-state index in [2.05, 4.69) is 36.6 Å². The van der Waals surface area contributed by atoms with Crippen LogP contribution >= 0.6 is 31.9 Å². The van der Waals surface area contributed by atoms with E-state index >= 15 is 0 Å². The van der Waals surface area contributed by atoms with Crippen molar-refractivity contribution in [1.82, 2.24) is 4.72 Å². The first-order valence-corrected chi connectivity index (χ1v) is 8.97. The van der Waals surface area contributed by atoms with Gasteiger partial charge in [-0.1, -0.05) is 20.3 Å². The van der Waals surface area contributed by atoms with Crippen LogP contribution < -0.4 is 4.72 Å². The fourth-order valence-electron chi connectivity index (χ4n) is 1.53. The summed E-state index contributed by atoms with van der Waals surface area (Å²) in [6.45, 7) is 3.64.